The monoisotopic (exact) mass is 869 g/mol. The zero-order valence-electron chi connectivity index (χ0n) is 29.1. The van der Waals surface area contributed by atoms with E-state index in [9.17, 15) is 13.2 Å². The molecule has 0 atom stereocenters. The Kier molecular flexibility index (Phi) is 10.9. The molecule has 0 bridgehead atoms. The smallest absolute Gasteiger partial charge is 0.433 e. The normalized spacial score (nSPS) is 12.1. The van der Waals surface area contributed by atoms with Crippen molar-refractivity contribution in [2.45, 2.75) is 66.0 Å². The molecule has 4 aromatic heterocycles. The Morgan fingerprint density at radius 1 is 0.860 bits per heavy atom. The summed E-state index contributed by atoms with van der Waals surface area (Å²) in [5.74, 6) is 1.32. The summed E-state index contributed by atoms with van der Waals surface area (Å²) in [5.41, 5.74) is 5.38. The fourth-order valence-corrected chi connectivity index (χ4v) is 7.76. The van der Waals surface area contributed by atoms with Gasteiger partial charge in [-0.15, -0.1) is 54.1 Å². The van der Waals surface area contributed by atoms with Crippen molar-refractivity contribution in [3.05, 3.63) is 108 Å². The van der Waals surface area contributed by atoms with Crippen LogP contribution in [0.25, 0.3) is 55.7 Å². The molecule has 7 rings (SSSR count). The molecular formula is C40H39F3IrN4OSi-2. The van der Waals surface area contributed by atoms with E-state index in [2.05, 4.69) is 78.5 Å². The molecule has 7 aromatic rings. The Bertz CT molecular complexity index is 2250. The summed E-state index contributed by atoms with van der Waals surface area (Å²) in [4.78, 5) is 13.1. The third-order valence-electron chi connectivity index (χ3n) is 8.34. The first-order valence-electron chi connectivity index (χ1n) is 16.5. The molecule has 4 heterocycles. The van der Waals surface area contributed by atoms with Gasteiger partial charge in [0.05, 0.1) is 30.5 Å². The summed E-state index contributed by atoms with van der Waals surface area (Å²) in [6, 6.07) is 30.5. The van der Waals surface area contributed by atoms with Crippen molar-refractivity contribution in [1.29, 1.82) is 0 Å². The van der Waals surface area contributed by atoms with Gasteiger partial charge in [-0.05, 0) is 61.3 Å². The van der Waals surface area contributed by atoms with Crippen LogP contribution >= 0.6 is 0 Å². The minimum atomic E-state index is -4.53. The standard InChI is InChI=1S/C22H15F3N3O.C18H24NSi.Ir/c1-12(2)28-17-9-4-3-8-16(17)26-20(28)15-7-5-6-13-14-10-11-18(22(23,24)25)27-21(14)29-19(13)15;1-14(2)11-16-12-17(15-9-7-6-8-10-15)19-13-18(16)20(3,4)5;/h3-6,8-12H,1-2H3;6-9,12-14H,11H2,1-5H3;/q2*-1;. The largest absolute Gasteiger partial charge is 0.486 e. The predicted octanol–water partition coefficient (Wildman–Crippen LogP) is 10.7. The number of imidazole rings is 1. The number of halogens is 3. The van der Waals surface area contributed by atoms with Crippen molar-refractivity contribution in [3.8, 4) is 22.6 Å². The molecule has 0 spiro atoms. The maximum atomic E-state index is 13.1. The van der Waals surface area contributed by atoms with Gasteiger partial charge in [0.15, 0.2) is 0 Å². The van der Waals surface area contributed by atoms with E-state index in [0.29, 0.717) is 33.7 Å². The van der Waals surface area contributed by atoms with Crippen LogP contribution in [-0.2, 0) is 32.7 Å². The van der Waals surface area contributed by atoms with Crippen molar-refractivity contribution in [2.24, 2.45) is 5.92 Å². The topological polar surface area (TPSA) is 56.7 Å². The molecule has 261 valence electrons. The number of rotatable bonds is 6. The van der Waals surface area contributed by atoms with Crippen molar-refractivity contribution in [3.63, 3.8) is 0 Å². The molecule has 0 saturated heterocycles. The average molecular weight is 869 g/mol. The second-order valence-electron chi connectivity index (χ2n) is 14.0. The Morgan fingerprint density at radius 3 is 2.26 bits per heavy atom. The number of hydrogen-bond donors (Lipinski definition) is 0. The van der Waals surface area contributed by atoms with Gasteiger partial charge in [-0.3, -0.25) is 4.98 Å². The van der Waals surface area contributed by atoms with Gasteiger partial charge in [0.2, 0.25) is 5.71 Å². The zero-order valence-corrected chi connectivity index (χ0v) is 32.5. The quantitative estimate of drug-likeness (QED) is 0.123. The zero-order chi connectivity index (χ0) is 35.1. The fraction of sp³-hybridized carbons (Fsp3) is 0.275. The molecule has 0 aliphatic heterocycles. The van der Waals surface area contributed by atoms with E-state index in [1.807, 2.05) is 56.3 Å². The number of hydrogen-bond acceptors (Lipinski definition) is 4. The van der Waals surface area contributed by atoms with Crippen LogP contribution in [0.15, 0.2) is 89.5 Å². The van der Waals surface area contributed by atoms with Crippen LogP contribution in [0.3, 0.4) is 0 Å². The number of benzene rings is 3. The predicted molar refractivity (Wildman–Crippen MR) is 194 cm³/mol. The summed E-state index contributed by atoms with van der Waals surface area (Å²) in [6.07, 6.45) is -1.30. The first kappa shape index (κ1) is 37.1. The van der Waals surface area contributed by atoms with E-state index in [1.165, 1.54) is 16.8 Å². The fourth-order valence-electron chi connectivity index (χ4n) is 6.17. The van der Waals surface area contributed by atoms with Crippen LogP contribution in [0.2, 0.25) is 19.6 Å². The molecular weight excluding hydrogens is 830 g/mol. The summed E-state index contributed by atoms with van der Waals surface area (Å²) in [6.45, 7) is 15.8. The van der Waals surface area contributed by atoms with E-state index < -0.39 is 19.9 Å². The molecule has 0 unspecified atom stereocenters. The first-order chi connectivity index (χ1) is 23.2. The van der Waals surface area contributed by atoms with Crippen LogP contribution in [0.4, 0.5) is 13.2 Å². The number of para-hydroxylation sites is 2. The number of pyridine rings is 2. The van der Waals surface area contributed by atoms with Gasteiger partial charge in [-0.1, -0.05) is 68.2 Å². The van der Waals surface area contributed by atoms with Crippen LogP contribution in [0.1, 0.15) is 45.0 Å². The van der Waals surface area contributed by atoms with E-state index in [4.69, 9.17) is 9.40 Å². The van der Waals surface area contributed by atoms with Crippen molar-refractivity contribution in [2.75, 3.05) is 0 Å². The van der Waals surface area contributed by atoms with Crippen LogP contribution in [0, 0.1) is 18.1 Å². The molecule has 0 fully saturated rings. The SMILES string of the molecule is CC(C)Cc1cc(-c2[c-]cccc2)ncc1[Si](C)(C)C.CC(C)n1c(-c2[c-]ccc3c2oc2nc(C(F)(F)F)ccc23)nc2ccccc21.[Ir]. The van der Waals surface area contributed by atoms with E-state index >= 15 is 0 Å². The van der Waals surface area contributed by atoms with Crippen molar-refractivity contribution >= 4 is 46.4 Å². The molecule has 0 aliphatic rings. The molecule has 0 saturated carbocycles. The van der Waals surface area contributed by atoms with E-state index in [0.717, 1.165) is 34.8 Å². The molecule has 1 radical (unpaired) electrons. The summed E-state index contributed by atoms with van der Waals surface area (Å²) >= 11 is 0. The van der Waals surface area contributed by atoms with E-state index in [1.54, 1.807) is 12.1 Å². The Labute approximate surface area is 305 Å². The van der Waals surface area contributed by atoms with Gasteiger partial charge >= 0.3 is 6.18 Å². The minimum Gasteiger partial charge on any atom is -0.486 e. The van der Waals surface area contributed by atoms with Crippen molar-refractivity contribution < 1.29 is 37.7 Å². The minimum absolute atomic E-state index is 0. The third-order valence-corrected chi connectivity index (χ3v) is 10.4. The molecule has 3 aromatic carbocycles. The molecule has 0 N–H and O–H groups in total. The summed E-state index contributed by atoms with van der Waals surface area (Å²) < 4.78 is 47.0. The molecule has 50 heavy (non-hydrogen) atoms. The van der Waals surface area contributed by atoms with Crippen LogP contribution < -0.4 is 5.19 Å². The maximum Gasteiger partial charge on any atom is 0.433 e. The van der Waals surface area contributed by atoms with Gasteiger partial charge in [-0.25, -0.2) is 4.98 Å². The number of fused-ring (bicyclic) bond motifs is 4. The molecule has 5 nitrogen and oxygen atoms in total. The van der Waals surface area contributed by atoms with Crippen LogP contribution in [-0.4, -0.2) is 27.6 Å². The Balaban J connectivity index is 0.000000204. The van der Waals surface area contributed by atoms with E-state index in [-0.39, 0.29) is 31.9 Å². The number of aromatic nitrogens is 4. The van der Waals surface area contributed by atoms with Gasteiger partial charge in [-0.2, -0.15) is 13.2 Å². The Hall–Kier alpha value is -4.11. The van der Waals surface area contributed by atoms with Crippen molar-refractivity contribution in [1.82, 2.24) is 19.5 Å². The molecule has 10 heteroatoms. The first-order valence-corrected chi connectivity index (χ1v) is 20.0. The molecule has 0 amide bonds. The summed E-state index contributed by atoms with van der Waals surface area (Å²) in [7, 11) is -1.34. The molecule has 0 aliphatic carbocycles. The second kappa shape index (κ2) is 14.6. The number of nitrogens with zero attached hydrogens (tertiary/aromatic N) is 4. The summed E-state index contributed by atoms with van der Waals surface area (Å²) in [5, 5.41) is 2.69. The number of furan rings is 1. The van der Waals surface area contributed by atoms with Gasteiger partial charge in [0, 0.05) is 37.7 Å². The van der Waals surface area contributed by atoms with Gasteiger partial charge in [0.25, 0.3) is 0 Å². The Morgan fingerprint density at radius 2 is 1.60 bits per heavy atom. The number of alkyl halides is 3. The van der Waals surface area contributed by atoms with Crippen LogP contribution in [0.5, 0.6) is 0 Å². The third kappa shape index (κ3) is 7.63. The maximum absolute atomic E-state index is 13.1. The van der Waals surface area contributed by atoms with Gasteiger partial charge in [0.1, 0.15) is 5.69 Å². The average Bonchev–Trinajstić information content (AvgIpc) is 3.63. The second-order valence-corrected chi connectivity index (χ2v) is 19.0. The van der Waals surface area contributed by atoms with Gasteiger partial charge < -0.3 is 14.0 Å².